The predicted molar refractivity (Wildman–Crippen MR) is 82.9 cm³/mol. The highest BCUT2D eigenvalue weighted by atomic mass is 16.5. The highest BCUT2D eigenvalue weighted by Crippen LogP contribution is 2.29. The maximum absolute atomic E-state index is 6.01. The number of ether oxygens (including phenoxy) is 1. The van der Waals surface area contributed by atoms with Crippen molar-refractivity contribution >= 4 is 5.69 Å². The van der Waals surface area contributed by atoms with E-state index in [1.54, 1.807) is 0 Å². The molecule has 1 aromatic carbocycles. The van der Waals surface area contributed by atoms with Crippen molar-refractivity contribution in [2.45, 2.75) is 40.7 Å². The van der Waals surface area contributed by atoms with Gasteiger partial charge in [-0.05, 0) is 47.4 Å². The largest absolute Gasteiger partial charge is 0.492 e. The maximum atomic E-state index is 6.01. The van der Waals surface area contributed by atoms with Gasteiger partial charge in [-0.3, -0.25) is 0 Å². The van der Waals surface area contributed by atoms with Gasteiger partial charge < -0.3 is 10.5 Å². The summed E-state index contributed by atoms with van der Waals surface area (Å²) in [7, 11) is 0. The van der Waals surface area contributed by atoms with Crippen LogP contribution in [0.3, 0.4) is 0 Å². The molecule has 0 unspecified atom stereocenters. The van der Waals surface area contributed by atoms with E-state index in [2.05, 4.69) is 36.3 Å². The fourth-order valence-corrected chi connectivity index (χ4v) is 2.01. The van der Waals surface area contributed by atoms with E-state index < -0.39 is 0 Å². The van der Waals surface area contributed by atoms with Crippen LogP contribution in [0.15, 0.2) is 18.2 Å². The van der Waals surface area contributed by atoms with Gasteiger partial charge in [0.25, 0.3) is 0 Å². The van der Waals surface area contributed by atoms with Gasteiger partial charge in [0.15, 0.2) is 5.82 Å². The summed E-state index contributed by atoms with van der Waals surface area (Å²) in [5, 5.41) is 12.0. The number of nitrogens with zero attached hydrogens (tertiary/aromatic N) is 4. The average Bonchev–Trinajstić information content (AvgIpc) is 2.88. The molecule has 0 amide bonds. The predicted octanol–water partition coefficient (Wildman–Crippen LogP) is 2.76. The Kier molecular flexibility index (Phi) is 4.45. The minimum atomic E-state index is 0.140. The molecule has 2 aromatic rings. The van der Waals surface area contributed by atoms with Gasteiger partial charge >= 0.3 is 0 Å². The Hall–Kier alpha value is -2.11. The second kappa shape index (κ2) is 6.11. The van der Waals surface area contributed by atoms with Gasteiger partial charge in [-0.15, -0.1) is 5.10 Å². The molecule has 0 saturated heterocycles. The second-order valence-corrected chi connectivity index (χ2v) is 5.86. The molecule has 0 spiro atoms. The number of rotatable bonds is 6. The smallest absolute Gasteiger partial charge is 0.182 e. The first-order valence-corrected chi connectivity index (χ1v) is 7.25. The van der Waals surface area contributed by atoms with Crippen LogP contribution in [0.2, 0.25) is 0 Å². The summed E-state index contributed by atoms with van der Waals surface area (Å²) >= 11 is 0. The third kappa shape index (κ3) is 3.51. The van der Waals surface area contributed by atoms with Crippen molar-refractivity contribution in [1.82, 2.24) is 20.2 Å². The third-order valence-corrected chi connectivity index (χ3v) is 3.63. The lowest BCUT2D eigenvalue weighted by Crippen LogP contribution is -2.20. The molecule has 0 fully saturated rings. The standard InChI is InChI=1S/C15H23N5O/c1-5-15(3,4)10-20-14(17-18-19-20)11-7-8-13(21-6-2)12(16)9-11/h7-9H,5-6,10,16H2,1-4H3. The normalized spacial score (nSPS) is 11.6. The molecule has 0 aliphatic heterocycles. The number of aromatic nitrogens is 4. The summed E-state index contributed by atoms with van der Waals surface area (Å²) in [4.78, 5) is 0. The molecular weight excluding hydrogens is 266 g/mol. The maximum Gasteiger partial charge on any atom is 0.182 e. The van der Waals surface area contributed by atoms with Crippen molar-refractivity contribution < 1.29 is 4.74 Å². The monoisotopic (exact) mass is 289 g/mol. The molecule has 6 heteroatoms. The Balaban J connectivity index is 2.31. The molecular formula is C15H23N5O. The molecule has 0 saturated carbocycles. The lowest BCUT2D eigenvalue weighted by Gasteiger charge is -2.22. The molecule has 0 atom stereocenters. The fraction of sp³-hybridized carbons (Fsp3) is 0.533. The SMILES string of the molecule is CCOc1ccc(-c2nnnn2CC(C)(C)CC)cc1N. The van der Waals surface area contributed by atoms with Crippen LogP contribution in [0.1, 0.15) is 34.1 Å². The second-order valence-electron chi connectivity index (χ2n) is 5.86. The van der Waals surface area contributed by atoms with E-state index in [9.17, 15) is 0 Å². The third-order valence-electron chi connectivity index (χ3n) is 3.63. The molecule has 21 heavy (non-hydrogen) atoms. The summed E-state index contributed by atoms with van der Waals surface area (Å²) in [6, 6.07) is 5.65. The lowest BCUT2D eigenvalue weighted by molar-refractivity contribution is 0.279. The van der Waals surface area contributed by atoms with Crippen LogP contribution >= 0.6 is 0 Å². The Morgan fingerprint density at radius 3 is 2.67 bits per heavy atom. The Morgan fingerprint density at radius 1 is 1.29 bits per heavy atom. The van der Waals surface area contributed by atoms with Gasteiger partial charge in [0.05, 0.1) is 18.8 Å². The van der Waals surface area contributed by atoms with E-state index in [0.717, 1.165) is 24.4 Å². The molecule has 0 radical (unpaired) electrons. The van der Waals surface area contributed by atoms with Crippen LogP contribution in [0.5, 0.6) is 5.75 Å². The topological polar surface area (TPSA) is 78.9 Å². The van der Waals surface area contributed by atoms with Crippen LogP contribution in [0, 0.1) is 5.41 Å². The van der Waals surface area contributed by atoms with Crippen LogP contribution < -0.4 is 10.5 Å². The highest BCUT2D eigenvalue weighted by Gasteiger charge is 2.20. The first-order chi connectivity index (χ1) is 9.96. The Labute approximate surface area is 125 Å². The van der Waals surface area contributed by atoms with E-state index >= 15 is 0 Å². The summed E-state index contributed by atoms with van der Waals surface area (Å²) < 4.78 is 7.29. The molecule has 1 heterocycles. The fourth-order valence-electron chi connectivity index (χ4n) is 2.01. The zero-order valence-corrected chi connectivity index (χ0v) is 13.1. The molecule has 0 bridgehead atoms. The number of nitrogen functional groups attached to an aromatic ring is 1. The zero-order valence-electron chi connectivity index (χ0n) is 13.1. The van der Waals surface area contributed by atoms with Crippen molar-refractivity contribution in [3.8, 4) is 17.1 Å². The van der Waals surface area contributed by atoms with Gasteiger partial charge in [-0.25, -0.2) is 4.68 Å². The molecule has 6 nitrogen and oxygen atoms in total. The van der Waals surface area contributed by atoms with Crippen molar-refractivity contribution in [2.24, 2.45) is 5.41 Å². The lowest BCUT2D eigenvalue weighted by atomic mass is 9.90. The van der Waals surface area contributed by atoms with Gasteiger partial charge in [-0.2, -0.15) is 0 Å². The van der Waals surface area contributed by atoms with Gasteiger partial charge in [0.1, 0.15) is 5.75 Å². The van der Waals surface area contributed by atoms with Crippen LogP contribution in [-0.4, -0.2) is 26.8 Å². The van der Waals surface area contributed by atoms with E-state index in [1.165, 1.54) is 0 Å². The first-order valence-electron chi connectivity index (χ1n) is 7.25. The van der Waals surface area contributed by atoms with E-state index in [4.69, 9.17) is 10.5 Å². The quantitative estimate of drug-likeness (QED) is 0.827. The summed E-state index contributed by atoms with van der Waals surface area (Å²) in [6.07, 6.45) is 1.05. The van der Waals surface area contributed by atoms with Crippen molar-refractivity contribution in [1.29, 1.82) is 0 Å². The van der Waals surface area contributed by atoms with Crippen molar-refractivity contribution in [3.05, 3.63) is 18.2 Å². The molecule has 2 N–H and O–H groups in total. The molecule has 0 aliphatic carbocycles. The summed E-state index contributed by atoms with van der Waals surface area (Å²) in [6.45, 7) is 9.85. The minimum absolute atomic E-state index is 0.140. The number of nitrogens with two attached hydrogens (primary N) is 1. The Morgan fingerprint density at radius 2 is 2.05 bits per heavy atom. The number of benzene rings is 1. The molecule has 0 aliphatic rings. The van der Waals surface area contributed by atoms with Crippen molar-refractivity contribution in [3.63, 3.8) is 0 Å². The Bertz CT molecular complexity index is 606. The van der Waals surface area contributed by atoms with Gasteiger partial charge in [0, 0.05) is 5.56 Å². The van der Waals surface area contributed by atoms with E-state index in [0.29, 0.717) is 18.0 Å². The number of tetrazole rings is 1. The number of anilines is 1. The van der Waals surface area contributed by atoms with Gasteiger partial charge in [0.2, 0.25) is 0 Å². The molecule has 114 valence electrons. The van der Waals surface area contributed by atoms with Gasteiger partial charge in [-0.1, -0.05) is 20.8 Å². The van der Waals surface area contributed by atoms with Crippen LogP contribution in [-0.2, 0) is 6.54 Å². The number of hydrogen-bond donors (Lipinski definition) is 1. The van der Waals surface area contributed by atoms with Crippen LogP contribution in [0.4, 0.5) is 5.69 Å². The zero-order chi connectivity index (χ0) is 15.5. The molecule has 2 rings (SSSR count). The molecule has 1 aromatic heterocycles. The summed E-state index contributed by atoms with van der Waals surface area (Å²) in [5.74, 6) is 1.42. The first kappa shape index (κ1) is 15.3. The van der Waals surface area contributed by atoms with E-state index in [1.807, 2.05) is 29.8 Å². The van der Waals surface area contributed by atoms with Crippen LogP contribution in [0.25, 0.3) is 11.4 Å². The highest BCUT2D eigenvalue weighted by molar-refractivity contribution is 5.66. The average molecular weight is 289 g/mol. The van der Waals surface area contributed by atoms with E-state index in [-0.39, 0.29) is 5.41 Å². The van der Waals surface area contributed by atoms with Crippen molar-refractivity contribution in [2.75, 3.05) is 12.3 Å². The minimum Gasteiger partial charge on any atom is -0.492 e. The summed E-state index contributed by atoms with van der Waals surface area (Å²) in [5.41, 5.74) is 7.65. The number of hydrogen-bond acceptors (Lipinski definition) is 5.